The zero-order valence-electron chi connectivity index (χ0n) is 15.0. The molecule has 1 amide bonds. The van der Waals surface area contributed by atoms with Crippen LogP contribution in [0, 0.1) is 0 Å². The number of benzene rings is 1. The number of ether oxygens (including phenoxy) is 3. The lowest BCUT2D eigenvalue weighted by Crippen LogP contribution is -2.52. The van der Waals surface area contributed by atoms with E-state index in [-0.39, 0.29) is 19.6 Å². The van der Waals surface area contributed by atoms with Gasteiger partial charge in [0.1, 0.15) is 0 Å². The molecule has 1 aromatic rings. The minimum Gasteiger partial charge on any atom is -0.493 e. The van der Waals surface area contributed by atoms with Gasteiger partial charge in [-0.3, -0.25) is 9.59 Å². The second-order valence-electron chi connectivity index (χ2n) is 5.81. The van der Waals surface area contributed by atoms with Crippen LogP contribution in [0.3, 0.4) is 0 Å². The summed E-state index contributed by atoms with van der Waals surface area (Å²) in [6, 6.07) is 5.36. The highest BCUT2D eigenvalue weighted by atomic mass is 16.5. The Balaban J connectivity index is 2.73. The van der Waals surface area contributed by atoms with Gasteiger partial charge < -0.3 is 24.6 Å². The van der Waals surface area contributed by atoms with Crippen LogP contribution in [0.4, 0.5) is 0 Å². The molecule has 7 heteroatoms. The molecule has 7 nitrogen and oxygen atoms in total. The quantitative estimate of drug-likeness (QED) is 0.670. The summed E-state index contributed by atoms with van der Waals surface area (Å²) < 4.78 is 15.8. The number of amides is 1. The second-order valence-corrected chi connectivity index (χ2v) is 5.81. The fourth-order valence-corrected chi connectivity index (χ4v) is 2.40. The molecule has 138 valence electrons. The molecular weight excluding hydrogens is 326 g/mol. The van der Waals surface area contributed by atoms with Gasteiger partial charge in [-0.1, -0.05) is 18.2 Å². The number of hydrogen-bond donors (Lipinski definition) is 2. The first-order chi connectivity index (χ1) is 11.8. The summed E-state index contributed by atoms with van der Waals surface area (Å²) in [5.41, 5.74) is -0.0637. The van der Waals surface area contributed by atoms with E-state index in [1.807, 2.05) is 25.1 Å². The SMILES string of the molecule is C/C=C/c1ccc(OCC(=O)NC(C)(COC)CC(=O)O)c(OC)c1. The van der Waals surface area contributed by atoms with Crippen LogP contribution < -0.4 is 14.8 Å². The molecule has 1 aromatic carbocycles. The Morgan fingerprint density at radius 3 is 2.56 bits per heavy atom. The molecular formula is C18H25NO6. The van der Waals surface area contributed by atoms with Crippen molar-refractivity contribution in [2.45, 2.75) is 25.8 Å². The molecule has 0 spiro atoms. The molecule has 0 heterocycles. The van der Waals surface area contributed by atoms with Crippen molar-refractivity contribution in [3.63, 3.8) is 0 Å². The molecule has 0 saturated heterocycles. The molecule has 1 atom stereocenters. The van der Waals surface area contributed by atoms with Gasteiger partial charge in [-0.25, -0.2) is 0 Å². The number of rotatable bonds is 10. The number of nitrogens with one attached hydrogen (secondary N) is 1. The van der Waals surface area contributed by atoms with E-state index in [9.17, 15) is 9.59 Å². The van der Waals surface area contributed by atoms with E-state index in [4.69, 9.17) is 19.3 Å². The highest BCUT2D eigenvalue weighted by Gasteiger charge is 2.29. The van der Waals surface area contributed by atoms with E-state index in [0.717, 1.165) is 5.56 Å². The van der Waals surface area contributed by atoms with Gasteiger partial charge in [0.05, 0.1) is 25.7 Å². The Morgan fingerprint density at radius 1 is 1.28 bits per heavy atom. The maximum absolute atomic E-state index is 12.1. The van der Waals surface area contributed by atoms with E-state index in [1.54, 1.807) is 19.1 Å². The van der Waals surface area contributed by atoms with Crippen LogP contribution in [0.2, 0.25) is 0 Å². The second kappa shape index (κ2) is 9.68. The number of hydrogen-bond acceptors (Lipinski definition) is 5. The Labute approximate surface area is 147 Å². The van der Waals surface area contributed by atoms with E-state index < -0.39 is 17.4 Å². The largest absolute Gasteiger partial charge is 0.493 e. The first kappa shape index (κ1) is 20.5. The number of carboxylic acids is 1. The van der Waals surface area contributed by atoms with Gasteiger partial charge in [-0.15, -0.1) is 0 Å². The van der Waals surface area contributed by atoms with Crippen molar-refractivity contribution in [3.05, 3.63) is 29.8 Å². The maximum Gasteiger partial charge on any atom is 0.305 e. The zero-order chi connectivity index (χ0) is 18.9. The molecule has 0 radical (unpaired) electrons. The Morgan fingerprint density at radius 2 is 2.00 bits per heavy atom. The predicted octanol–water partition coefficient (Wildman–Crippen LogP) is 2.10. The summed E-state index contributed by atoms with van der Waals surface area (Å²) >= 11 is 0. The van der Waals surface area contributed by atoms with Gasteiger partial charge in [-0.2, -0.15) is 0 Å². The molecule has 0 bridgehead atoms. The molecule has 1 rings (SSSR count). The summed E-state index contributed by atoms with van der Waals surface area (Å²) in [7, 11) is 2.96. The van der Waals surface area contributed by atoms with Crippen molar-refractivity contribution in [1.82, 2.24) is 5.32 Å². The molecule has 0 aliphatic rings. The smallest absolute Gasteiger partial charge is 0.305 e. The lowest BCUT2D eigenvalue weighted by molar-refractivity contribution is -0.139. The summed E-state index contributed by atoms with van der Waals surface area (Å²) in [6.45, 7) is 3.33. The van der Waals surface area contributed by atoms with E-state index in [0.29, 0.717) is 11.5 Å². The lowest BCUT2D eigenvalue weighted by atomic mass is 9.99. The molecule has 25 heavy (non-hydrogen) atoms. The number of methoxy groups -OCH3 is 2. The van der Waals surface area contributed by atoms with Crippen LogP contribution in [0.1, 0.15) is 25.8 Å². The average Bonchev–Trinajstić information content (AvgIpc) is 2.52. The lowest BCUT2D eigenvalue weighted by Gasteiger charge is -2.28. The maximum atomic E-state index is 12.1. The highest BCUT2D eigenvalue weighted by Crippen LogP contribution is 2.28. The van der Waals surface area contributed by atoms with Crippen molar-refractivity contribution >= 4 is 18.0 Å². The van der Waals surface area contributed by atoms with Crippen LogP contribution in [0.5, 0.6) is 11.5 Å². The Hall–Kier alpha value is -2.54. The first-order valence-electron chi connectivity index (χ1n) is 7.79. The predicted molar refractivity (Wildman–Crippen MR) is 93.9 cm³/mol. The zero-order valence-corrected chi connectivity index (χ0v) is 15.0. The standard InChI is InChI=1S/C18H25NO6/c1-5-6-13-7-8-14(15(9-13)24-4)25-11-16(20)19-18(2,12-23-3)10-17(21)22/h5-9H,10-12H2,1-4H3,(H,19,20)(H,21,22)/b6-5+. The summed E-state index contributed by atoms with van der Waals surface area (Å²) in [4.78, 5) is 23.1. The first-order valence-corrected chi connectivity index (χ1v) is 7.79. The van der Waals surface area contributed by atoms with Crippen molar-refractivity contribution in [1.29, 1.82) is 0 Å². The number of carboxylic acid groups (broad SMARTS) is 1. The normalized spacial score (nSPS) is 13.3. The Kier molecular flexibility index (Phi) is 7.94. The molecule has 2 N–H and O–H groups in total. The molecule has 0 fully saturated rings. The summed E-state index contributed by atoms with van der Waals surface area (Å²) in [6.07, 6.45) is 3.57. The van der Waals surface area contributed by atoms with Gasteiger partial charge in [0.25, 0.3) is 5.91 Å². The molecule has 0 aliphatic heterocycles. The van der Waals surface area contributed by atoms with Gasteiger partial charge in [0.2, 0.25) is 0 Å². The molecule has 0 aliphatic carbocycles. The molecule has 0 saturated carbocycles. The topological polar surface area (TPSA) is 94.1 Å². The fraction of sp³-hybridized carbons (Fsp3) is 0.444. The highest BCUT2D eigenvalue weighted by molar-refractivity contribution is 5.79. The molecule has 1 unspecified atom stereocenters. The molecule has 0 aromatic heterocycles. The van der Waals surface area contributed by atoms with Crippen LogP contribution in [-0.4, -0.2) is 50.0 Å². The van der Waals surface area contributed by atoms with Gasteiger partial charge in [0.15, 0.2) is 18.1 Å². The number of carbonyl (C=O) groups is 2. The average molecular weight is 351 g/mol. The summed E-state index contributed by atoms with van der Waals surface area (Å²) in [5.74, 6) is -0.534. The number of allylic oxidation sites excluding steroid dienone is 1. The van der Waals surface area contributed by atoms with Gasteiger partial charge in [0, 0.05) is 7.11 Å². The van der Waals surface area contributed by atoms with E-state index >= 15 is 0 Å². The van der Waals surface area contributed by atoms with Crippen molar-refractivity contribution in [2.75, 3.05) is 27.4 Å². The monoisotopic (exact) mass is 351 g/mol. The van der Waals surface area contributed by atoms with Crippen LogP contribution in [0.25, 0.3) is 6.08 Å². The third-order valence-corrected chi connectivity index (χ3v) is 3.35. The van der Waals surface area contributed by atoms with Crippen LogP contribution >= 0.6 is 0 Å². The number of aliphatic carboxylic acids is 1. The van der Waals surface area contributed by atoms with Crippen LogP contribution in [-0.2, 0) is 14.3 Å². The van der Waals surface area contributed by atoms with E-state index in [1.165, 1.54) is 14.2 Å². The minimum atomic E-state index is -1.03. The van der Waals surface area contributed by atoms with Crippen molar-refractivity contribution < 1.29 is 28.9 Å². The van der Waals surface area contributed by atoms with Crippen LogP contribution in [0.15, 0.2) is 24.3 Å². The van der Waals surface area contributed by atoms with Crippen molar-refractivity contribution in [2.24, 2.45) is 0 Å². The minimum absolute atomic E-state index is 0.0758. The number of carbonyl (C=O) groups excluding carboxylic acids is 1. The van der Waals surface area contributed by atoms with E-state index in [2.05, 4.69) is 5.32 Å². The third-order valence-electron chi connectivity index (χ3n) is 3.35. The third kappa shape index (κ3) is 6.84. The fourth-order valence-electron chi connectivity index (χ4n) is 2.40. The Bertz CT molecular complexity index is 628. The van der Waals surface area contributed by atoms with Gasteiger partial charge in [-0.05, 0) is 31.5 Å². The van der Waals surface area contributed by atoms with Gasteiger partial charge >= 0.3 is 5.97 Å². The summed E-state index contributed by atoms with van der Waals surface area (Å²) in [5, 5.41) is 11.6. The van der Waals surface area contributed by atoms with Crippen molar-refractivity contribution in [3.8, 4) is 11.5 Å².